The van der Waals surface area contributed by atoms with E-state index in [1.807, 2.05) is 32.0 Å². The number of carbonyl (C=O) groups is 2. The van der Waals surface area contributed by atoms with Gasteiger partial charge in [-0.3, -0.25) is 9.59 Å². The maximum absolute atomic E-state index is 11.8. The molecule has 0 spiro atoms. The van der Waals surface area contributed by atoms with E-state index in [9.17, 15) is 9.59 Å². The Morgan fingerprint density at radius 1 is 1.19 bits per heavy atom. The summed E-state index contributed by atoms with van der Waals surface area (Å²) in [6.07, 6.45) is 0.947. The molecule has 0 fully saturated rings. The molecule has 5 heteroatoms. The SMILES string of the molecule is CC(CO)C(C)NC(=O)CCCNC(=O)c1ccccc1. The van der Waals surface area contributed by atoms with Crippen LogP contribution in [0.5, 0.6) is 0 Å². The van der Waals surface area contributed by atoms with E-state index >= 15 is 0 Å². The average Bonchev–Trinajstić information content (AvgIpc) is 2.51. The average molecular weight is 292 g/mol. The molecular formula is C16H24N2O3. The van der Waals surface area contributed by atoms with Gasteiger partial charge in [-0.15, -0.1) is 0 Å². The lowest BCUT2D eigenvalue weighted by Crippen LogP contribution is -2.38. The highest BCUT2D eigenvalue weighted by molar-refractivity contribution is 5.94. The van der Waals surface area contributed by atoms with Gasteiger partial charge in [0, 0.05) is 31.2 Å². The van der Waals surface area contributed by atoms with Crippen molar-refractivity contribution >= 4 is 11.8 Å². The van der Waals surface area contributed by atoms with Crippen molar-refractivity contribution in [1.29, 1.82) is 0 Å². The van der Waals surface area contributed by atoms with E-state index in [-0.39, 0.29) is 30.4 Å². The molecule has 0 aliphatic rings. The number of nitrogens with one attached hydrogen (secondary N) is 2. The Balaban J connectivity index is 2.19. The Labute approximate surface area is 125 Å². The molecule has 0 bridgehead atoms. The summed E-state index contributed by atoms with van der Waals surface area (Å²) in [5, 5.41) is 14.6. The van der Waals surface area contributed by atoms with Crippen LogP contribution in [0.15, 0.2) is 30.3 Å². The van der Waals surface area contributed by atoms with Crippen LogP contribution in [-0.2, 0) is 4.79 Å². The van der Waals surface area contributed by atoms with Crippen molar-refractivity contribution in [3.8, 4) is 0 Å². The molecular weight excluding hydrogens is 268 g/mol. The Bertz CT molecular complexity index is 448. The Kier molecular flexibility index (Phi) is 7.46. The van der Waals surface area contributed by atoms with Crippen LogP contribution in [0.3, 0.4) is 0 Å². The third-order valence-electron chi connectivity index (χ3n) is 3.43. The maximum atomic E-state index is 11.8. The molecule has 0 radical (unpaired) electrons. The van der Waals surface area contributed by atoms with E-state index in [2.05, 4.69) is 10.6 Å². The van der Waals surface area contributed by atoms with Crippen LogP contribution in [-0.4, -0.2) is 36.1 Å². The van der Waals surface area contributed by atoms with Crippen LogP contribution in [0, 0.1) is 5.92 Å². The lowest BCUT2D eigenvalue weighted by atomic mass is 10.1. The second kappa shape index (κ2) is 9.13. The molecule has 0 aliphatic heterocycles. The summed E-state index contributed by atoms with van der Waals surface area (Å²) >= 11 is 0. The quantitative estimate of drug-likeness (QED) is 0.633. The molecule has 0 heterocycles. The first-order chi connectivity index (χ1) is 10.0. The van der Waals surface area contributed by atoms with Crippen LogP contribution in [0.4, 0.5) is 0 Å². The third kappa shape index (κ3) is 6.40. The summed E-state index contributed by atoms with van der Waals surface area (Å²) in [7, 11) is 0. The molecule has 0 aromatic heterocycles. The topological polar surface area (TPSA) is 78.4 Å². The van der Waals surface area contributed by atoms with Crippen LogP contribution in [0.2, 0.25) is 0 Å². The van der Waals surface area contributed by atoms with Gasteiger partial charge < -0.3 is 15.7 Å². The van der Waals surface area contributed by atoms with Gasteiger partial charge in [-0.1, -0.05) is 25.1 Å². The van der Waals surface area contributed by atoms with Gasteiger partial charge in [-0.2, -0.15) is 0 Å². The summed E-state index contributed by atoms with van der Waals surface area (Å²) in [4.78, 5) is 23.4. The molecule has 21 heavy (non-hydrogen) atoms. The highest BCUT2D eigenvalue weighted by Crippen LogP contribution is 2.02. The van der Waals surface area contributed by atoms with Crippen molar-refractivity contribution in [2.45, 2.75) is 32.7 Å². The predicted octanol–water partition coefficient (Wildman–Crippen LogP) is 1.33. The number of carbonyl (C=O) groups excluding carboxylic acids is 2. The van der Waals surface area contributed by atoms with Crippen molar-refractivity contribution < 1.29 is 14.7 Å². The molecule has 2 atom stereocenters. The standard InChI is InChI=1S/C16H24N2O3/c1-12(11-19)13(2)18-15(20)9-6-10-17-16(21)14-7-4-3-5-8-14/h3-5,7-8,12-13,19H,6,9-11H2,1-2H3,(H,17,21)(H,18,20). The van der Waals surface area contributed by atoms with Gasteiger partial charge in [0.15, 0.2) is 0 Å². The van der Waals surface area contributed by atoms with E-state index in [1.165, 1.54) is 0 Å². The number of aliphatic hydroxyl groups is 1. The number of amides is 2. The van der Waals surface area contributed by atoms with Crippen molar-refractivity contribution in [3.05, 3.63) is 35.9 Å². The largest absolute Gasteiger partial charge is 0.396 e. The Morgan fingerprint density at radius 3 is 2.48 bits per heavy atom. The Morgan fingerprint density at radius 2 is 1.86 bits per heavy atom. The molecule has 1 rings (SSSR count). The molecule has 116 valence electrons. The highest BCUT2D eigenvalue weighted by Gasteiger charge is 2.13. The fourth-order valence-corrected chi connectivity index (χ4v) is 1.77. The predicted molar refractivity (Wildman–Crippen MR) is 81.9 cm³/mol. The minimum atomic E-state index is -0.127. The molecule has 0 saturated carbocycles. The first-order valence-electron chi connectivity index (χ1n) is 7.28. The van der Waals surface area contributed by atoms with E-state index in [4.69, 9.17) is 5.11 Å². The van der Waals surface area contributed by atoms with E-state index in [0.29, 0.717) is 24.9 Å². The van der Waals surface area contributed by atoms with Gasteiger partial charge in [-0.25, -0.2) is 0 Å². The number of hydrogen-bond donors (Lipinski definition) is 3. The zero-order valence-electron chi connectivity index (χ0n) is 12.6. The molecule has 1 aromatic carbocycles. The fourth-order valence-electron chi connectivity index (χ4n) is 1.77. The van der Waals surface area contributed by atoms with Crippen molar-refractivity contribution in [1.82, 2.24) is 10.6 Å². The van der Waals surface area contributed by atoms with Crippen molar-refractivity contribution in [3.63, 3.8) is 0 Å². The van der Waals surface area contributed by atoms with E-state index < -0.39 is 0 Å². The Hall–Kier alpha value is -1.88. The molecule has 5 nitrogen and oxygen atoms in total. The van der Waals surface area contributed by atoms with Crippen LogP contribution in [0.1, 0.15) is 37.0 Å². The molecule has 1 aromatic rings. The van der Waals surface area contributed by atoms with Gasteiger partial charge in [0.2, 0.25) is 5.91 Å². The van der Waals surface area contributed by atoms with Crippen molar-refractivity contribution in [2.24, 2.45) is 5.92 Å². The lowest BCUT2D eigenvalue weighted by molar-refractivity contribution is -0.122. The second-order valence-corrected chi connectivity index (χ2v) is 5.24. The fraction of sp³-hybridized carbons (Fsp3) is 0.500. The van der Waals surface area contributed by atoms with E-state index in [1.54, 1.807) is 12.1 Å². The van der Waals surface area contributed by atoms with E-state index in [0.717, 1.165) is 0 Å². The molecule has 0 saturated heterocycles. The zero-order valence-corrected chi connectivity index (χ0v) is 12.6. The molecule has 2 amide bonds. The van der Waals surface area contributed by atoms with Crippen LogP contribution >= 0.6 is 0 Å². The third-order valence-corrected chi connectivity index (χ3v) is 3.43. The van der Waals surface area contributed by atoms with Gasteiger partial charge in [0.25, 0.3) is 5.91 Å². The summed E-state index contributed by atoms with van der Waals surface area (Å²) < 4.78 is 0. The summed E-state index contributed by atoms with van der Waals surface area (Å²) in [5.41, 5.74) is 0.618. The number of hydrogen-bond acceptors (Lipinski definition) is 3. The zero-order chi connectivity index (χ0) is 15.7. The maximum Gasteiger partial charge on any atom is 0.251 e. The van der Waals surface area contributed by atoms with Gasteiger partial charge >= 0.3 is 0 Å². The van der Waals surface area contributed by atoms with Gasteiger partial charge in [0.05, 0.1) is 0 Å². The van der Waals surface area contributed by atoms with Gasteiger partial charge in [-0.05, 0) is 31.4 Å². The minimum Gasteiger partial charge on any atom is -0.396 e. The summed E-state index contributed by atoms with van der Waals surface area (Å²) in [5.74, 6) is -0.151. The number of rotatable bonds is 8. The monoisotopic (exact) mass is 292 g/mol. The molecule has 2 unspecified atom stereocenters. The highest BCUT2D eigenvalue weighted by atomic mass is 16.3. The number of benzene rings is 1. The lowest BCUT2D eigenvalue weighted by Gasteiger charge is -2.19. The number of aliphatic hydroxyl groups excluding tert-OH is 1. The van der Waals surface area contributed by atoms with Crippen molar-refractivity contribution in [2.75, 3.05) is 13.2 Å². The molecule has 3 N–H and O–H groups in total. The minimum absolute atomic E-state index is 0.0340. The van der Waals surface area contributed by atoms with Gasteiger partial charge in [0.1, 0.15) is 0 Å². The first kappa shape index (κ1) is 17.2. The molecule has 0 aliphatic carbocycles. The summed E-state index contributed by atoms with van der Waals surface area (Å²) in [6, 6.07) is 8.93. The normalized spacial score (nSPS) is 13.3. The van der Waals surface area contributed by atoms with Crippen LogP contribution in [0.25, 0.3) is 0 Å². The summed E-state index contributed by atoms with van der Waals surface area (Å²) in [6.45, 7) is 4.26. The second-order valence-electron chi connectivity index (χ2n) is 5.24. The van der Waals surface area contributed by atoms with Crippen LogP contribution < -0.4 is 10.6 Å². The smallest absolute Gasteiger partial charge is 0.251 e. The first-order valence-corrected chi connectivity index (χ1v) is 7.28.